The Bertz CT molecular complexity index is 350. The Balaban J connectivity index is 2.64. The second kappa shape index (κ2) is 5.32. The summed E-state index contributed by atoms with van der Waals surface area (Å²) < 4.78 is 3.11. The fourth-order valence-electron chi connectivity index (χ4n) is 1.57. The molecule has 0 amide bonds. The minimum atomic E-state index is 0.318. The van der Waals surface area contributed by atoms with Gasteiger partial charge in [-0.2, -0.15) is 5.10 Å². The molecule has 1 aromatic heterocycles. The van der Waals surface area contributed by atoms with Gasteiger partial charge in [-0.1, -0.05) is 27.7 Å². The fourth-order valence-corrected chi connectivity index (χ4v) is 2.32. The van der Waals surface area contributed by atoms with Crippen LogP contribution in [0.25, 0.3) is 0 Å². The molecule has 0 fully saturated rings. The number of nitrogens with zero attached hydrogens (tertiary/aromatic N) is 2. The molecule has 1 N–H and O–H groups in total. The first-order valence-corrected chi connectivity index (χ1v) is 6.55. The first-order chi connectivity index (χ1) is 7.35. The van der Waals surface area contributed by atoms with E-state index in [1.54, 1.807) is 0 Å². The maximum Gasteiger partial charge on any atom is 0.0767 e. The van der Waals surface area contributed by atoms with Gasteiger partial charge in [0.1, 0.15) is 0 Å². The Morgan fingerprint density at radius 1 is 1.38 bits per heavy atom. The van der Waals surface area contributed by atoms with Crippen LogP contribution >= 0.6 is 15.9 Å². The molecule has 16 heavy (non-hydrogen) atoms. The van der Waals surface area contributed by atoms with Gasteiger partial charge in [0.2, 0.25) is 0 Å². The van der Waals surface area contributed by atoms with E-state index < -0.39 is 0 Å². The van der Waals surface area contributed by atoms with E-state index in [1.807, 2.05) is 11.7 Å². The van der Waals surface area contributed by atoms with Crippen molar-refractivity contribution >= 4 is 15.9 Å². The van der Waals surface area contributed by atoms with Crippen molar-refractivity contribution in [2.24, 2.45) is 12.5 Å². The highest BCUT2D eigenvalue weighted by molar-refractivity contribution is 9.10. The second-order valence-electron chi connectivity index (χ2n) is 5.35. The first-order valence-electron chi connectivity index (χ1n) is 5.76. The average Bonchev–Trinajstić information content (AvgIpc) is 2.42. The summed E-state index contributed by atoms with van der Waals surface area (Å²) in [5.41, 5.74) is 2.68. The van der Waals surface area contributed by atoms with E-state index in [0.29, 0.717) is 5.41 Å². The molecule has 0 bridgehead atoms. The van der Waals surface area contributed by atoms with Crippen LogP contribution in [0.3, 0.4) is 0 Å². The number of hydrogen-bond acceptors (Lipinski definition) is 2. The number of rotatable bonds is 4. The molecule has 0 saturated heterocycles. The SMILES string of the molecule is CCc1nn(C)c(CNCC(C)(C)C)c1Br. The van der Waals surface area contributed by atoms with Crippen LogP contribution in [0.5, 0.6) is 0 Å². The van der Waals surface area contributed by atoms with Gasteiger partial charge in [-0.3, -0.25) is 4.68 Å². The van der Waals surface area contributed by atoms with Crippen molar-refractivity contribution in [1.82, 2.24) is 15.1 Å². The van der Waals surface area contributed by atoms with Crippen molar-refractivity contribution in [2.45, 2.75) is 40.7 Å². The van der Waals surface area contributed by atoms with Crippen LogP contribution in [-0.2, 0) is 20.0 Å². The highest BCUT2D eigenvalue weighted by Gasteiger charge is 2.14. The lowest BCUT2D eigenvalue weighted by Crippen LogP contribution is -2.27. The van der Waals surface area contributed by atoms with E-state index in [1.165, 1.54) is 5.69 Å². The summed E-state index contributed by atoms with van der Waals surface area (Å²) in [4.78, 5) is 0. The number of halogens is 1. The lowest BCUT2D eigenvalue weighted by molar-refractivity contribution is 0.376. The summed E-state index contributed by atoms with van der Waals surface area (Å²) in [7, 11) is 2.00. The lowest BCUT2D eigenvalue weighted by atomic mass is 9.97. The summed E-state index contributed by atoms with van der Waals surface area (Å²) in [5, 5.41) is 7.94. The predicted molar refractivity (Wildman–Crippen MR) is 71.4 cm³/mol. The molecule has 0 radical (unpaired) electrons. The molecular formula is C12H22BrN3. The van der Waals surface area contributed by atoms with Gasteiger partial charge in [-0.25, -0.2) is 0 Å². The molecule has 1 aromatic rings. The molecule has 0 aliphatic rings. The standard InChI is InChI=1S/C12H22BrN3/c1-6-9-11(13)10(16(5)15-9)7-14-8-12(2,3)4/h14H,6-8H2,1-5H3. The van der Waals surface area contributed by atoms with Crippen molar-refractivity contribution in [3.63, 3.8) is 0 Å². The molecule has 3 nitrogen and oxygen atoms in total. The molecule has 1 heterocycles. The summed E-state index contributed by atoms with van der Waals surface area (Å²) in [6.07, 6.45) is 0.966. The van der Waals surface area contributed by atoms with Crippen LogP contribution in [0.4, 0.5) is 0 Å². The smallest absolute Gasteiger partial charge is 0.0767 e. The van der Waals surface area contributed by atoms with Crippen molar-refractivity contribution in [2.75, 3.05) is 6.54 Å². The number of nitrogens with one attached hydrogen (secondary N) is 1. The maximum absolute atomic E-state index is 4.47. The molecule has 92 valence electrons. The summed E-state index contributed by atoms with van der Waals surface area (Å²) >= 11 is 3.62. The number of hydrogen-bond donors (Lipinski definition) is 1. The molecule has 0 unspecified atom stereocenters. The van der Waals surface area contributed by atoms with Gasteiger partial charge in [0.05, 0.1) is 15.9 Å². The van der Waals surface area contributed by atoms with E-state index in [0.717, 1.165) is 29.7 Å². The van der Waals surface area contributed by atoms with E-state index in [-0.39, 0.29) is 0 Å². The molecule has 0 aliphatic heterocycles. The normalized spacial score (nSPS) is 12.1. The minimum absolute atomic E-state index is 0.318. The number of aromatic nitrogens is 2. The van der Waals surface area contributed by atoms with Gasteiger partial charge in [-0.15, -0.1) is 0 Å². The van der Waals surface area contributed by atoms with Crippen LogP contribution in [0.1, 0.15) is 39.1 Å². The van der Waals surface area contributed by atoms with Crippen LogP contribution in [0.15, 0.2) is 4.47 Å². The van der Waals surface area contributed by atoms with Crippen LogP contribution in [-0.4, -0.2) is 16.3 Å². The minimum Gasteiger partial charge on any atom is -0.311 e. The Kier molecular flexibility index (Phi) is 4.56. The van der Waals surface area contributed by atoms with Gasteiger partial charge in [0, 0.05) is 20.1 Å². The summed E-state index contributed by atoms with van der Waals surface area (Å²) in [6, 6.07) is 0. The van der Waals surface area contributed by atoms with Crippen molar-refractivity contribution < 1.29 is 0 Å². The van der Waals surface area contributed by atoms with E-state index >= 15 is 0 Å². The zero-order valence-electron chi connectivity index (χ0n) is 10.9. The summed E-state index contributed by atoms with van der Waals surface area (Å²) in [5.74, 6) is 0. The molecule has 1 rings (SSSR count). The zero-order chi connectivity index (χ0) is 12.3. The second-order valence-corrected chi connectivity index (χ2v) is 6.14. The Morgan fingerprint density at radius 2 is 2.00 bits per heavy atom. The third kappa shape index (κ3) is 3.59. The van der Waals surface area contributed by atoms with Crippen LogP contribution in [0.2, 0.25) is 0 Å². The first kappa shape index (κ1) is 13.7. The van der Waals surface area contributed by atoms with Crippen molar-refractivity contribution in [3.05, 3.63) is 15.9 Å². The van der Waals surface area contributed by atoms with Gasteiger partial charge in [-0.05, 0) is 27.8 Å². The molecule has 0 aliphatic carbocycles. The van der Waals surface area contributed by atoms with Crippen molar-refractivity contribution in [1.29, 1.82) is 0 Å². The lowest BCUT2D eigenvalue weighted by Gasteiger charge is -2.18. The topological polar surface area (TPSA) is 29.9 Å². The van der Waals surface area contributed by atoms with Gasteiger partial charge in [0.25, 0.3) is 0 Å². The molecule has 0 aromatic carbocycles. The molecule has 0 atom stereocenters. The van der Waals surface area contributed by atoms with Crippen LogP contribution < -0.4 is 5.32 Å². The van der Waals surface area contributed by atoms with E-state index in [9.17, 15) is 0 Å². The maximum atomic E-state index is 4.47. The Labute approximate surface area is 107 Å². The Morgan fingerprint density at radius 3 is 2.44 bits per heavy atom. The highest BCUT2D eigenvalue weighted by atomic mass is 79.9. The van der Waals surface area contributed by atoms with Crippen molar-refractivity contribution in [3.8, 4) is 0 Å². The highest BCUT2D eigenvalue weighted by Crippen LogP contribution is 2.21. The molecular weight excluding hydrogens is 266 g/mol. The molecule has 0 spiro atoms. The number of aryl methyl sites for hydroxylation is 2. The van der Waals surface area contributed by atoms with E-state index in [2.05, 4.69) is 54.0 Å². The predicted octanol–water partition coefficient (Wildman–Crippen LogP) is 2.88. The largest absolute Gasteiger partial charge is 0.311 e. The van der Waals surface area contributed by atoms with Crippen LogP contribution in [0, 0.1) is 5.41 Å². The fraction of sp³-hybridized carbons (Fsp3) is 0.750. The van der Waals surface area contributed by atoms with E-state index in [4.69, 9.17) is 0 Å². The quantitative estimate of drug-likeness (QED) is 0.923. The van der Waals surface area contributed by atoms with Gasteiger partial charge < -0.3 is 5.32 Å². The third-order valence-electron chi connectivity index (χ3n) is 2.45. The Hall–Kier alpha value is -0.350. The molecule has 4 heteroatoms. The van der Waals surface area contributed by atoms with Gasteiger partial charge >= 0.3 is 0 Å². The molecule has 0 saturated carbocycles. The average molecular weight is 288 g/mol. The van der Waals surface area contributed by atoms with Gasteiger partial charge in [0.15, 0.2) is 0 Å². The third-order valence-corrected chi connectivity index (χ3v) is 3.37. The summed E-state index contributed by atoms with van der Waals surface area (Å²) in [6.45, 7) is 10.7. The zero-order valence-corrected chi connectivity index (χ0v) is 12.5. The monoisotopic (exact) mass is 287 g/mol.